The Bertz CT molecular complexity index is 703. The lowest BCUT2D eigenvalue weighted by atomic mass is 10.0. The Kier molecular flexibility index (Phi) is 5.32. The van der Waals surface area contributed by atoms with Gasteiger partial charge < -0.3 is 4.74 Å². The van der Waals surface area contributed by atoms with Crippen molar-refractivity contribution in [3.8, 4) is 0 Å². The molecule has 1 aliphatic heterocycles. The van der Waals surface area contributed by atoms with Gasteiger partial charge >= 0.3 is 5.97 Å². The number of nitro groups is 1. The van der Waals surface area contributed by atoms with Crippen LogP contribution in [0.1, 0.15) is 19.8 Å². The van der Waals surface area contributed by atoms with E-state index in [1.54, 1.807) is 6.92 Å². The zero-order valence-corrected chi connectivity index (χ0v) is 13.5. The number of nitrogens with zero attached hydrogens (tertiary/aromatic N) is 2. The Labute approximate surface area is 134 Å². The van der Waals surface area contributed by atoms with Crippen LogP contribution in [0.25, 0.3) is 0 Å². The van der Waals surface area contributed by atoms with Gasteiger partial charge in [-0.15, -0.1) is 0 Å². The largest absolute Gasteiger partial charge is 0.466 e. The SMILES string of the molecule is CCOC(=O)[C@H]1CCCN(S(=O)(=O)c2ccccc2[N+](=O)[O-])C1. The van der Waals surface area contributed by atoms with Crippen LogP contribution in [0, 0.1) is 16.0 Å². The lowest BCUT2D eigenvalue weighted by Gasteiger charge is -2.30. The quantitative estimate of drug-likeness (QED) is 0.456. The Morgan fingerprint density at radius 2 is 2.13 bits per heavy atom. The third kappa shape index (κ3) is 3.67. The summed E-state index contributed by atoms with van der Waals surface area (Å²) in [5, 5.41) is 11.1. The molecule has 9 heteroatoms. The molecule has 0 aliphatic carbocycles. The Morgan fingerprint density at radius 1 is 1.43 bits per heavy atom. The van der Waals surface area contributed by atoms with Crippen molar-refractivity contribution >= 4 is 21.7 Å². The standard InChI is InChI=1S/C14H18N2O6S/c1-2-22-14(17)11-6-5-9-15(10-11)23(20,21)13-8-4-3-7-12(13)16(18)19/h3-4,7-8,11H,2,5-6,9-10H2,1H3/t11-/m0/s1. The summed E-state index contributed by atoms with van der Waals surface area (Å²) in [7, 11) is -4.04. The zero-order chi connectivity index (χ0) is 17.0. The van der Waals surface area contributed by atoms with Crippen molar-refractivity contribution in [1.29, 1.82) is 0 Å². The third-order valence-corrected chi connectivity index (χ3v) is 5.60. The summed E-state index contributed by atoms with van der Waals surface area (Å²) in [5.41, 5.74) is -0.467. The smallest absolute Gasteiger partial charge is 0.310 e. The maximum atomic E-state index is 12.7. The first kappa shape index (κ1) is 17.4. The minimum absolute atomic E-state index is 0.0206. The van der Waals surface area contributed by atoms with E-state index in [1.807, 2.05) is 0 Å². The minimum Gasteiger partial charge on any atom is -0.466 e. The number of rotatable bonds is 5. The van der Waals surface area contributed by atoms with Crippen LogP contribution in [0.2, 0.25) is 0 Å². The second kappa shape index (κ2) is 7.05. The number of hydrogen-bond acceptors (Lipinski definition) is 6. The van der Waals surface area contributed by atoms with Crippen molar-refractivity contribution in [3.63, 3.8) is 0 Å². The first-order chi connectivity index (χ1) is 10.9. The molecule has 0 amide bonds. The molecule has 1 atom stereocenters. The second-order valence-electron chi connectivity index (χ2n) is 5.18. The van der Waals surface area contributed by atoms with E-state index in [0.29, 0.717) is 12.8 Å². The normalized spacial score (nSPS) is 19.3. The number of ether oxygens (including phenoxy) is 1. The molecule has 23 heavy (non-hydrogen) atoms. The topological polar surface area (TPSA) is 107 Å². The molecule has 0 saturated carbocycles. The first-order valence-corrected chi connectivity index (χ1v) is 8.72. The fourth-order valence-corrected chi connectivity index (χ4v) is 4.26. The van der Waals surface area contributed by atoms with E-state index in [9.17, 15) is 23.3 Å². The van der Waals surface area contributed by atoms with E-state index >= 15 is 0 Å². The molecule has 0 radical (unpaired) electrons. The van der Waals surface area contributed by atoms with Gasteiger partial charge in [-0.2, -0.15) is 4.31 Å². The number of carbonyl (C=O) groups excluding carboxylic acids is 1. The van der Waals surface area contributed by atoms with Crippen LogP contribution >= 0.6 is 0 Å². The van der Waals surface area contributed by atoms with E-state index in [4.69, 9.17) is 4.74 Å². The molecule has 1 aromatic rings. The molecule has 0 bridgehead atoms. The molecule has 1 saturated heterocycles. The number of nitro benzene ring substituents is 1. The molecule has 2 rings (SSSR count). The highest BCUT2D eigenvalue weighted by Crippen LogP contribution is 2.29. The molecule has 0 aromatic heterocycles. The lowest BCUT2D eigenvalue weighted by molar-refractivity contribution is -0.387. The number of hydrogen-bond donors (Lipinski definition) is 0. The van der Waals surface area contributed by atoms with Gasteiger partial charge in [-0.05, 0) is 25.8 Å². The van der Waals surface area contributed by atoms with Gasteiger partial charge in [0.05, 0.1) is 17.4 Å². The van der Waals surface area contributed by atoms with E-state index in [0.717, 1.165) is 10.4 Å². The van der Waals surface area contributed by atoms with Gasteiger partial charge in [-0.1, -0.05) is 12.1 Å². The Morgan fingerprint density at radius 3 is 2.78 bits per heavy atom. The van der Waals surface area contributed by atoms with Crippen LogP contribution in [-0.4, -0.2) is 43.3 Å². The predicted octanol–water partition coefficient (Wildman–Crippen LogP) is 1.56. The summed E-state index contributed by atoms with van der Waals surface area (Å²) >= 11 is 0. The Balaban J connectivity index is 2.29. The second-order valence-corrected chi connectivity index (χ2v) is 7.09. The van der Waals surface area contributed by atoms with Gasteiger partial charge in [0.1, 0.15) is 0 Å². The van der Waals surface area contributed by atoms with Crippen LogP contribution in [0.5, 0.6) is 0 Å². The third-order valence-electron chi connectivity index (χ3n) is 3.68. The summed E-state index contributed by atoms with van der Waals surface area (Å²) in [5.74, 6) is -0.976. The molecule has 0 spiro atoms. The average molecular weight is 342 g/mol. The number of benzene rings is 1. The first-order valence-electron chi connectivity index (χ1n) is 7.28. The molecule has 1 heterocycles. The highest BCUT2D eigenvalue weighted by Gasteiger charge is 2.36. The van der Waals surface area contributed by atoms with Crippen molar-refractivity contribution in [1.82, 2.24) is 4.31 Å². The number of piperidine rings is 1. The van der Waals surface area contributed by atoms with E-state index in [1.165, 1.54) is 18.2 Å². The fourth-order valence-electron chi connectivity index (χ4n) is 2.58. The van der Waals surface area contributed by atoms with Gasteiger partial charge in [-0.3, -0.25) is 14.9 Å². The van der Waals surface area contributed by atoms with Crippen molar-refractivity contribution in [2.45, 2.75) is 24.7 Å². The zero-order valence-electron chi connectivity index (χ0n) is 12.7. The van der Waals surface area contributed by atoms with Crippen LogP contribution in [0.15, 0.2) is 29.2 Å². The summed E-state index contributed by atoms with van der Waals surface area (Å²) in [4.78, 5) is 21.8. The summed E-state index contributed by atoms with van der Waals surface area (Å²) in [6, 6.07) is 5.21. The predicted molar refractivity (Wildman–Crippen MR) is 81.2 cm³/mol. The molecule has 1 aliphatic rings. The fraction of sp³-hybridized carbons (Fsp3) is 0.500. The number of esters is 1. The van der Waals surface area contributed by atoms with Gasteiger partial charge in [0.2, 0.25) is 10.0 Å². The molecule has 8 nitrogen and oxygen atoms in total. The van der Waals surface area contributed by atoms with Crippen LogP contribution < -0.4 is 0 Å². The van der Waals surface area contributed by atoms with Crippen molar-refractivity contribution in [3.05, 3.63) is 34.4 Å². The molecule has 1 aromatic carbocycles. The van der Waals surface area contributed by atoms with Crippen LogP contribution in [0.4, 0.5) is 5.69 Å². The van der Waals surface area contributed by atoms with Gasteiger partial charge in [-0.25, -0.2) is 8.42 Å². The summed E-state index contributed by atoms with van der Waals surface area (Å²) < 4.78 is 31.5. The molecule has 126 valence electrons. The number of carbonyl (C=O) groups is 1. The van der Waals surface area contributed by atoms with Gasteiger partial charge in [0.15, 0.2) is 4.90 Å². The molecule has 1 fully saturated rings. The summed E-state index contributed by atoms with van der Waals surface area (Å²) in [6.07, 6.45) is 1.05. The minimum atomic E-state index is -4.04. The average Bonchev–Trinajstić information content (AvgIpc) is 2.55. The van der Waals surface area contributed by atoms with Gasteiger partial charge in [0.25, 0.3) is 5.69 Å². The van der Waals surface area contributed by atoms with Crippen LogP contribution in [0.3, 0.4) is 0 Å². The monoisotopic (exact) mass is 342 g/mol. The lowest BCUT2D eigenvalue weighted by Crippen LogP contribution is -2.42. The molecular formula is C14H18N2O6S. The number of sulfonamides is 1. The Hall–Kier alpha value is -2.00. The van der Waals surface area contributed by atoms with Crippen molar-refractivity contribution in [2.24, 2.45) is 5.92 Å². The molecule has 0 unspecified atom stereocenters. The van der Waals surface area contributed by atoms with E-state index < -0.39 is 32.5 Å². The van der Waals surface area contributed by atoms with Crippen molar-refractivity contribution < 1.29 is 22.9 Å². The van der Waals surface area contributed by atoms with Gasteiger partial charge in [0, 0.05) is 19.2 Å². The van der Waals surface area contributed by atoms with E-state index in [-0.39, 0.29) is 24.6 Å². The molecule has 0 N–H and O–H groups in total. The van der Waals surface area contributed by atoms with E-state index in [2.05, 4.69) is 0 Å². The maximum Gasteiger partial charge on any atom is 0.310 e. The number of para-hydroxylation sites is 1. The highest BCUT2D eigenvalue weighted by molar-refractivity contribution is 7.89. The van der Waals surface area contributed by atoms with Crippen molar-refractivity contribution in [2.75, 3.05) is 19.7 Å². The summed E-state index contributed by atoms with van der Waals surface area (Å²) in [6.45, 7) is 2.12. The highest BCUT2D eigenvalue weighted by atomic mass is 32.2. The molecular weight excluding hydrogens is 324 g/mol. The van der Waals surface area contributed by atoms with Crippen LogP contribution in [-0.2, 0) is 19.6 Å². The maximum absolute atomic E-state index is 12.7.